The van der Waals surface area contributed by atoms with Gasteiger partial charge >= 0.3 is 0 Å². The van der Waals surface area contributed by atoms with Crippen LogP contribution in [0.25, 0.3) is 0 Å². The molecule has 0 spiro atoms. The Morgan fingerprint density at radius 2 is 2.09 bits per heavy atom. The number of hydrogen-bond acceptors (Lipinski definition) is 6. The Labute approximate surface area is 133 Å². The van der Waals surface area contributed by atoms with Crippen molar-refractivity contribution in [3.05, 3.63) is 23.8 Å². The van der Waals surface area contributed by atoms with Crippen LogP contribution < -0.4 is 11.1 Å². The van der Waals surface area contributed by atoms with Crippen LogP contribution in [0.1, 0.15) is 12.8 Å². The third-order valence-corrected chi connectivity index (χ3v) is 4.44. The molecule has 122 valence electrons. The van der Waals surface area contributed by atoms with E-state index in [0.717, 1.165) is 4.90 Å². The van der Waals surface area contributed by atoms with Crippen molar-refractivity contribution in [2.24, 2.45) is 17.6 Å². The first kappa shape index (κ1) is 15.9. The second kappa shape index (κ2) is 6.26. The minimum absolute atomic E-state index is 0.174. The highest BCUT2D eigenvalue weighted by Gasteiger charge is 2.52. The summed E-state index contributed by atoms with van der Waals surface area (Å²) in [4.78, 5) is 26.6. The van der Waals surface area contributed by atoms with Gasteiger partial charge in [-0.2, -0.15) is 0 Å². The summed E-state index contributed by atoms with van der Waals surface area (Å²) in [5.74, 6) is 3.65. The quantitative estimate of drug-likeness (QED) is 0.343. The lowest BCUT2D eigenvalue weighted by Gasteiger charge is -2.36. The van der Waals surface area contributed by atoms with Crippen LogP contribution in [0.4, 0.5) is 0 Å². The molecule has 23 heavy (non-hydrogen) atoms. The topological polar surface area (TPSA) is 116 Å². The Morgan fingerprint density at radius 3 is 2.78 bits per heavy atom. The zero-order valence-electron chi connectivity index (χ0n) is 12.5. The predicted molar refractivity (Wildman–Crippen MR) is 81.1 cm³/mol. The zero-order valence-corrected chi connectivity index (χ0v) is 12.5. The average Bonchev–Trinajstić information content (AvgIpc) is 2.78. The van der Waals surface area contributed by atoms with Gasteiger partial charge in [0.1, 0.15) is 12.5 Å². The van der Waals surface area contributed by atoms with Crippen LogP contribution in [0.2, 0.25) is 0 Å². The fourth-order valence-electron chi connectivity index (χ4n) is 3.37. The summed E-state index contributed by atoms with van der Waals surface area (Å²) in [6.45, 7) is 0.174. The van der Waals surface area contributed by atoms with E-state index < -0.39 is 30.3 Å². The van der Waals surface area contributed by atoms with Gasteiger partial charge in [0.15, 0.2) is 0 Å². The van der Waals surface area contributed by atoms with Crippen LogP contribution in [0.15, 0.2) is 23.8 Å². The summed E-state index contributed by atoms with van der Waals surface area (Å²) in [6, 6.07) is -0.680. The first-order valence-corrected chi connectivity index (χ1v) is 7.61. The molecule has 2 heterocycles. The number of imide groups is 1. The lowest BCUT2D eigenvalue weighted by atomic mass is 9.84. The van der Waals surface area contributed by atoms with Gasteiger partial charge in [-0.1, -0.05) is 30.1 Å². The van der Waals surface area contributed by atoms with E-state index in [2.05, 4.69) is 17.2 Å². The van der Waals surface area contributed by atoms with E-state index in [9.17, 15) is 19.8 Å². The fraction of sp³-hybridized carbons (Fsp3) is 0.500. The molecule has 7 nitrogen and oxygen atoms in total. The molecule has 1 aliphatic carbocycles. The van der Waals surface area contributed by atoms with E-state index >= 15 is 0 Å². The summed E-state index contributed by atoms with van der Waals surface area (Å²) in [5.41, 5.74) is 5.95. The Hall–Kier alpha value is -1.98. The molecular formula is C16H19N3O4. The molecule has 7 heteroatoms. The molecule has 2 saturated heterocycles. The summed E-state index contributed by atoms with van der Waals surface area (Å²) >= 11 is 0. The molecule has 2 amide bonds. The minimum atomic E-state index is -1.14. The monoisotopic (exact) mass is 317 g/mol. The summed E-state index contributed by atoms with van der Waals surface area (Å²) in [7, 11) is 0. The van der Waals surface area contributed by atoms with Crippen molar-refractivity contribution >= 4 is 11.8 Å². The molecule has 0 bridgehead atoms. The Balaban J connectivity index is 1.88. The second-order valence-electron chi connectivity index (χ2n) is 5.83. The number of likely N-dealkylation sites (tertiary alicyclic amines) is 1. The summed E-state index contributed by atoms with van der Waals surface area (Å²) in [5, 5.41) is 22.2. The number of nitrogens with one attached hydrogen (secondary N) is 1. The van der Waals surface area contributed by atoms with Gasteiger partial charge in [0, 0.05) is 5.57 Å². The first-order valence-electron chi connectivity index (χ1n) is 7.61. The van der Waals surface area contributed by atoms with Gasteiger partial charge in [0.25, 0.3) is 0 Å². The Morgan fingerprint density at radius 1 is 1.30 bits per heavy atom. The maximum Gasteiger partial charge on any atom is 0.238 e. The van der Waals surface area contributed by atoms with E-state index in [1.807, 2.05) is 0 Å². The number of nitrogens with zero attached hydrogens (tertiary/aromatic N) is 1. The first-order chi connectivity index (χ1) is 11.0. The molecule has 0 saturated carbocycles. The maximum absolute atomic E-state index is 12.8. The summed E-state index contributed by atoms with van der Waals surface area (Å²) in [6.07, 6.45) is 3.87. The standard InChI is InChI=1S/C16H19N3O4/c17-8-2-4-9-3-1-5-10-13(9)16(23)19(15(10)22)11-6-7-12(20)18-14(11)21/h1,3,5,10-14,18,20-21H,6-8,17H2. The number of rotatable bonds is 1. The third-order valence-electron chi connectivity index (χ3n) is 4.44. The molecule has 0 aromatic carbocycles. The van der Waals surface area contributed by atoms with Gasteiger partial charge in [0.05, 0.1) is 24.4 Å². The molecule has 0 aromatic rings. The van der Waals surface area contributed by atoms with Gasteiger partial charge in [-0.3, -0.25) is 19.8 Å². The number of carbonyl (C=O) groups excluding carboxylic acids is 2. The van der Waals surface area contributed by atoms with Crippen molar-refractivity contribution in [3.63, 3.8) is 0 Å². The van der Waals surface area contributed by atoms with Crippen LogP contribution in [-0.2, 0) is 9.59 Å². The van der Waals surface area contributed by atoms with Crippen LogP contribution in [0.3, 0.4) is 0 Å². The second-order valence-corrected chi connectivity index (χ2v) is 5.83. The molecule has 2 aliphatic heterocycles. The number of carbonyl (C=O) groups is 2. The molecule has 5 atom stereocenters. The normalized spacial score (nSPS) is 36.4. The molecule has 5 N–H and O–H groups in total. The van der Waals surface area contributed by atoms with E-state index in [4.69, 9.17) is 5.73 Å². The molecule has 3 rings (SSSR count). The SMILES string of the molecule is NCC#CC1=CC=CC2C(=O)N(C3CCC(O)NC3O)C(=O)C12. The molecule has 2 fully saturated rings. The van der Waals surface area contributed by atoms with Crippen LogP contribution in [0.5, 0.6) is 0 Å². The number of allylic oxidation sites excluding steroid dienone is 2. The van der Waals surface area contributed by atoms with Crippen molar-refractivity contribution in [1.29, 1.82) is 0 Å². The smallest absolute Gasteiger partial charge is 0.238 e. The number of amides is 2. The molecular weight excluding hydrogens is 298 g/mol. The van der Waals surface area contributed by atoms with E-state index in [-0.39, 0.29) is 18.4 Å². The largest absolute Gasteiger partial charge is 0.379 e. The molecule has 5 unspecified atom stereocenters. The van der Waals surface area contributed by atoms with Crippen molar-refractivity contribution in [2.75, 3.05) is 6.54 Å². The Bertz CT molecular complexity index is 645. The number of aliphatic hydroxyl groups excluding tert-OH is 2. The summed E-state index contributed by atoms with van der Waals surface area (Å²) < 4.78 is 0. The van der Waals surface area contributed by atoms with Crippen molar-refractivity contribution in [3.8, 4) is 11.8 Å². The van der Waals surface area contributed by atoms with Gasteiger partial charge in [-0.05, 0) is 12.8 Å². The van der Waals surface area contributed by atoms with Gasteiger partial charge in [-0.15, -0.1) is 0 Å². The number of hydrogen-bond donors (Lipinski definition) is 4. The van der Waals surface area contributed by atoms with E-state index in [1.165, 1.54) is 0 Å². The average molecular weight is 317 g/mol. The minimum Gasteiger partial charge on any atom is -0.379 e. The third kappa shape index (κ3) is 2.71. The number of aliphatic hydroxyl groups is 2. The molecule has 3 aliphatic rings. The fourth-order valence-corrected chi connectivity index (χ4v) is 3.37. The maximum atomic E-state index is 12.8. The zero-order chi connectivity index (χ0) is 16.6. The lowest BCUT2D eigenvalue weighted by Crippen LogP contribution is -2.58. The number of nitrogens with two attached hydrogens (primary N) is 1. The highest BCUT2D eigenvalue weighted by atomic mass is 16.3. The molecule has 0 aromatic heterocycles. The van der Waals surface area contributed by atoms with Crippen molar-refractivity contribution in [1.82, 2.24) is 10.2 Å². The van der Waals surface area contributed by atoms with Crippen LogP contribution >= 0.6 is 0 Å². The van der Waals surface area contributed by atoms with Crippen LogP contribution in [0, 0.1) is 23.7 Å². The lowest BCUT2D eigenvalue weighted by molar-refractivity contribution is -0.149. The highest BCUT2D eigenvalue weighted by molar-refractivity contribution is 6.08. The molecule has 0 radical (unpaired) electrons. The highest BCUT2D eigenvalue weighted by Crippen LogP contribution is 2.38. The van der Waals surface area contributed by atoms with Crippen LogP contribution in [-0.4, -0.2) is 52.0 Å². The predicted octanol–water partition coefficient (Wildman–Crippen LogP) is -1.57. The van der Waals surface area contributed by atoms with E-state index in [0.29, 0.717) is 18.4 Å². The van der Waals surface area contributed by atoms with Gasteiger partial charge in [-0.25, -0.2) is 0 Å². The van der Waals surface area contributed by atoms with Crippen molar-refractivity contribution < 1.29 is 19.8 Å². The van der Waals surface area contributed by atoms with Gasteiger partial charge < -0.3 is 15.9 Å². The van der Waals surface area contributed by atoms with Crippen molar-refractivity contribution in [2.45, 2.75) is 31.3 Å². The number of fused-ring (bicyclic) bond motifs is 1. The Kier molecular flexibility index (Phi) is 4.33. The van der Waals surface area contributed by atoms with Gasteiger partial charge in [0.2, 0.25) is 11.8 Å². The van der Waals surface area contributed by atoms with E-state index in [1.54, 1.807) is 18.2 Å². The number of piperidine rings is 1.